The lowest BCUT2D eigenvalue weighted by molar-refractivity contribution is -0.0174. The normalized spacial score (nSPS) is 28.6. The van der Waals surface area contributed by atoms with Crippen LogP contribution in [0.2, 0.25) is 0 Å². The predicted molar refractivity (Wildman–Crippen MR) is 64.1 cm³/mol. The zero-order chi connectivity index (χ0) is 11.3. The third-order valence-electron chi connectivity index (χ3n) is 3.38. The molecule has 0 aromatic carbocycles. The Morgan fingerprint density at radius 3 is 2.53 bits per heavy atom. The molecule has 1 saturated heterocycles. The van der Waals surface area contributed by atoms with Gasteiger partial charge in [0, 0.05) is 19.6 Å². The van der Waals surface area contributed by atoms with Crippen molar-refractivity contribution in [3.63, 3.8) is 0 Å². The Labute approximate surface area is 94.1 Å². The number of hydrogen-bond acceptors (Lipinski definition) is 3. The first-order chi connectivity index (χ1) is 7.07. The molecule has 1 heterocycles. The minimum atomic E-state index is -0.457. The van der Waals surface area contributed by atoms with Gasteiger partial charge in [-0.2, -0.15) is 0 Å². The van der Waals surface area contributed by atoms with Crippen molar-refractivity contribution in [2.24, 2.45) is 0 Å². The van der Waals surface area contributed by atoms with Gasteiger partial charge in [0.15, 0.2) is 0 Å². The van der Waals surface area contributed by atoms with E-state index in [0.717, 1.165) is 52.1 Å². The van der Waals surface area contributed by atoms with Crippen LogP contribution < -0.4 is 0 Å². The van der Waals surface area contributed by atoms with Gasteiger partial charge in [0.2, 0.25) is 0 Å². The first-order valence-corrected chi connectivity index (χ1v) is 6.24. The number of piperidine rings is 1. The molecule has 1 aliphatic rings. The number of β-amino-alcohol motifs (C(OH)–C–C–N with tert-alkyl or cyclic N) is 1. The maximum Gasteiger partial charge on any atom is 0.0746 e. The minimum absolute atomic E-state index is 0.457. The van der Waals surface area contributed by atoms with E-state index in [0.29, 0.717) is 0 Å². The van der Waals surface area contributed by atoms with Crippen molar-refractivity contribution in [2.75, 3.05) is 39.3 Å². The monoisotopic (exact) mass is 214 g/mol. The zero-order valence-corrected chi connectivity index (χ0v) is 10.5. The van der Waals surface area contributed by atoms with Gasteiger partial charge in [0.25, 0.3) is 0 Å². The standard InChI is InChI=1S/C12H26N2O/c1-4-13(5-2)9-10-14-8-6-7-12(3,15)11-14/h15H,4-11H2,1-3H3. The minimum Gasteiger partial charge on any atom is -0.389 e. The van der Waals surface area contributed by atoms with Crippen molar-refractivity contribution < 1.29 is 5.11 Å². The molecule has 0 radical (unpaired) electrons. The molecule has 1 unspecified atom stereocenters. The topological polar surface area (TPSA) is 26.7 Å². The van der Waals surface area contributed by atoms with Crippen LogP contribution in [0, 0.1) is 0 Å². The Hall–Kier alpha value is -0.120. The van der Waals surface area contributed by atoms with Gasteiger partial charge in [-0.1, -0.05) is 13.8 Å². The summed E-state index contributed by atoms with van der Waals surface area (Å²) in [6, 6.07) is 0. The Morgan fingerprint density at radius 1 is 1.33 bits per heavy atom. The van der Waals surface area contributed by atoms with Gasteiger partial charge < -0.3 is 10.0 Å². The average Bonchev–Trinajstić information content (AvgIpc) is 2.18. The molecule has 1 fully saturated rings. The third kappa shape index (κ3) is 4.49. The summed E-state index contributed by atoms with van der Waals surface area (Å²) >= 11 is 0. The molecule has 0 aromatic rings. The van der Waals surface area contributed by atoms with Gasteiger partial charge in [0.1, 0.15) is 0 Å². The van der Waals surface area contributed by atoms with Gasteiger partial charge in [-0.05, 0) is 39.4 Å². The number of aliphatic hydroxyl groups is 1. The second kappa shape index (κ2) is 5.83. The van der Waals surface area contributed by atoms with E-state index in [4.69, 9.17) is 0 Å². The van der Waals surface area contributed by atoms with E-state index in [-0.39, 0.29) is 0 Å². The smallest absolute Gasteiger partial charge is 0.0746 e. The van der Waals surface area contributed by atoms with Gasteiger partial charge in [-0.15, -0.1) is 0 Å². The largest absolute Gasteiger partial charge is 0.389 e. The first kappa shape index (κ1) is 12.9. The van der Waals surface area contributed by atoms with E-state index < -0.39 is 5.60 Å². The Morgan fingerprint density at radius 2 is 2.00 bits per heavy atom. The first-order valence-electron chi connectivity index (χ1n) is 6.24. The van der Waals surface area contributed by atoms with Gasteiger partial charge in [-0.3, -0.25) is 4.90 Å². The van der Waals surface area contributed by atoms with Crippen LogP contribution in [-0.4, -0.2) is 59.8 Å². The average molecular weight is 214 g/mol. The van der Waals surface area contributed by atoms with Crippen molar-refractivity contribution in [2.45, 2.75) is 39.2 Å². The molecule has 3 heteroatoms. The highest BCUT2D eigenvalue weighted by atomic mass is 16.3. The predicted octanol–water partition coefficient (Wildman–Crippen LogP) is 1.18. The van der Waals surface area contributed by atoms with Crippen LogP contribution in [0.5, 0.6) is 0 Å². The van der Waals surface area contributed by atoms with Gasteiger partial charge >= 0.3 is 0 Å². The van der Waals surface area contributed by atoms with Crippen LogP contribution in [0.25, 0.3) is 0 Å². The quantitative estimate of drug-likeness (QED) is 0.744. The molecule has 1 atom stereocenters. The molecule has 90 valence electrons. The highest BCUT2D eigenvalue weighted by molar-refractivity contribution is 4.83. The van der Waals surface area contributed by atoms with E-state index in [1.165, 1.54) is 0 Å². The molecule has 1 rings (SSSR count). The lowest BCUT2D eigenvalue weighted by atomic mass is 9.95. The number of nitrogens with zero attached hydrogens (tertiary/aromatic N) is 2. The second-order valence-electron chi connectivity index (χ2n) is 4.90. The number of rotatable bonds is 5. The van der Waals surface area contributed by atoms with Crippen molar-refractivity contribution in [3.8, 4) is 0 Å². The van der Waals surface area contributed by atoms with E-state index in [1.807, 2.05) is 6.92 Å². The third-order valence-corrected chi connectivity index (χ3v) is 3.38. The van der Waals surface area contributed by atoms with Gasteiger partial charge in [-0.25, -0.2) is 0 Å². The maximum absolute atomic E-state index is 9.97. The van der Waals surface area contributed by atoms with Crippen LogP contribution in [0.4, 0.5) is 0 Å². The molecule has 1 aliphatic heterocycles. The zero-order valence-electron chi connectivity index (χ0n) is 10.5. The number of hydrogen-bond donors (Lipinski definition) is 1. The van der Waals surface area contributed by atoms with E-state index in [1.54, 1.807) is 0 Å². The Kier molecular flexibility index (Phi) is 5.03. The van der Waals surface area contributed by atoms with Crippen LogP contribution in [-0.2, 0) is 0 Å². The van der Waals surface area contributed by atoms with Gasteiger partial charge in [0.05, 0.1) is 5.60 Å². The van der Waals surface area contributed by atoms with Crippen LogP contribution >= 0.6 is 0 Å². The number of likely N-dealkylation sites (N-methyl/N-ethyl adjacent to an activating group) is 1. The molecule has 0 amide bonds. The van der Waals surface area contributed by atoms with E-state index >= 15 is 0 Å². The second-order valence-corrected chi connectivity index (χ2v) is 4.90. The lowest BCUT2D eigenvalue weighted by Gasteiger charge is -2.37. The van der Waals surface area contributed by atoms with Crippen LogP contribution in [0.15, 0.2) is 0 Å². The van der Waals surface area contributed by atoms with E-state index in [2.05, 4.69) is 23.6 Å². The molecular weight excluding hydrogens is 188 g/mol. The fourth-order valence-electron chi connectivity index (χ4n) is 2.34. The molecule has 0 aromatic heterocycles. The molecule has 15 heavy (non-hydrogen) atoms. The summed E-state index contributed by atoms with van der Waals surface area (Å²) in [5, 5.41) is 9.97. The highest BCUT2D eigenvalue weighted by Gasteiger charge is 2.27. The Balaban J connectivity index is 2.26. The fourth-order valence-corrected chi connectivity index (χ4v) is 2.34. The summed E-state index contributed by atoms with van der Waals surface area (Å²) in [5.41, 5.74) is -0.457. The van der Waals surface area contributed by atoms with Crippen molar-refractivity contribution in [1.82, 2.24) is 9.80 Å². The summed E-state index contributed by atoms with van der Waals surface area (Å²) in [6.45, 7) is 12.8. The molecule has 3 nitrogen and oxygen atoms in total. The van der Waals surface area contributed by atoms with Crippen molar-refractivity contribution in [1.29, 1.82) is 0 Å². The molecular formula is C12H26N2O. The Bertz CT molecular complexity index is 178. The summed E-state index contributed by atoms with van der Waals surface area (Å²) in [5.74, 6) is 0. The fraction of sp³-hybridized carbons (Fsp3) is 1.00. The summed E-state index contributed by atoms with van der Waals surface area (Å²) in [7, 11) is 0. The summed E-state index contributed by atoms with van der Waals surface area (Å²) in [4.78, 5) is 4.82. The van der Waals surface area contributed by atoms with E-state index in [9.17, 15) is 5.11 Å². The number of likely N-dealkylation sites (tertiary alicyclic amines) is 1. The molecule has 1 N–H and O–H groups in total. The lowest BCUT2D eigenvalue weighted by Crippen LogP contribution is -2.48. The molecule has 0 aliphatic carbocycles. The maximum atomic E-state index is 9.97. The summed E-state index contributed by atoms with van der Waals surface area (Å²) < 4.78 is 0. The molecule has 0 bridgehead atoms. The van der Waals surface area contributed by atoms with Crippen LogP contribution in [0.1, 0.15) is 33.6 Å². The van der Waals surface area contributed by atoms with Crippen molar-refractivity contribution >= 4 is 0 Å². The molecule has 0 spiro atoms. The SMILES string of the molecule is CCN(CC)CCN1CCCC(C)(O)C1. The van der Waals surface area contributed by atoms with Crippen molar-refractivity contribution in [3.05, 3.63) is 0 Å². The summed E-state index contributed by atoms with van der Waals surface area (Å²) in [6.07, 6.45) is 2.08. The molecule has 0 saturated carbocycles. The highest BCUT2D eigenvalue weighted by Crippen LogP contribution is 2.19. The van der Waals surface area contributed by atoms with Crippen LogP contribution in [0.3, 0.4) is 0 Å².